The van der Waals surface area contributed by atoms with Crippen molar-refractivity contribution in [2.75, 3.05) is 18.5 Å². The van der Waals surface area contributed by atoms with Crippen molar-refractivity contribution in [2.24, 2.45) is 0 Å². The summed E-state index contributed by atoms with van der Waals surface area (Å²) in [6, 6.07) is 8.79. The van der Waals surface area contributed by atoms with Gasteiger partial charge in [-0.2, -0.15) is 0 Å². The second-order valence-corrected chi connectivity index (χ2v) is 6.34. The molecule has 8 heteroatoms. The first-order valence-electron chi connectivity index (χ1n) is 7.45. The highest BCUT2D eigenvalue weighted by Crippen LogP contribution is 2.41. The number of ether oxygens (including phenoxy) is 1. The zero-order valence-corrected chi connectivity index (χ0v) is 13.3. The third-order valence-corrected chi connectivity index (χ3v) is 4.27. The van der Waals surface area contributed by atoms with Crippen molar-refractivity contribution in [1.82, 2.24) is 15.5 Å². The lowest BCUT2D eigenvalue weighted by Gasteiger charge is -2.13. The molecule has 0 radical (unpaired) electrons. The molecule has 1 aliphatic rings. The maximum absolute atomic E-state index is 11.8. The fourth-order valence-electron chi connectivity index (χ4n) is 1.90. The summed E-state index contributed by atoms with van der Waals surface area (Å²) in [5, 5.41) is 24.4. The van der Waals surface area contributed by atoms with Crippen LogP contribution < -0.4 is 15.4 Å². The van der Waals surface area contributed by atoms with E-state index in [1.54, 1.807) is 12.1 Å². The predicted molar refractivity (Wildman–Crippen MR) is 86.8 cm³/mol. The molecule has 0 saturated heterocycles. The van der Waals surface area contributed by atoms with Crippen molar-refractivity contribution < 1.29 is 14.6 Å². The number of carbonyl (C=O) groups is 1. The van der Waals surface area contributed by atoms with E-state index >= 15 is 0 Å². The first-order valence-corrected chi connectivity index (χ1v) is 8.26. The number of benzene rings is 1. The van der Waals surface area contributed by atoms with Crippen LogP contribution in [0.4, 0.5) is 9.93 Å². The molecule has 1 aromatic heterocycles. The van der Waals surface area contributed by atoms with Gasteiger partial charge >= 0.3 is 6.03 Å². The van der Waals surface area contributed by atoms with Gasteiger partial charge < -0.3 is 15.2 Å². The number of hydrogen-bond donors (Lipinski definition) is 3. The number of urea groups is 1. The molecule has 1 fully saturated rings. The Morgan fingerprint density at radius 1 is 1.35 bits per heavy atom. The fraction of sp³-hybridized carbons (Fsp3) is 0.400. The SMILES string of the molecule is O=C(NC[C@@H](O)COc1ccccc1)Nc1nnc(C2CC2)s1. The molecule has 23 heavy (non-hydrogen) atoms. The molecular formula is C15H18N4O3S. The van der Waals surface area contributed by atoms with Gasteiger partial charge in [-0.15, -0.1) is 10.2 Å². The molecule has 1 aliphatic carbocycles. The number of anilines is 1. The number of carbonyl (C=O) groups excluding carboxylic acids is 1. The lowest BCUT2D eigenvalue weighted by molar-refractivity contribution is 0.108. The van der Waals surface area contributed by atoms with Gasteiger partial charge in [0.05, 0.1) is 0 Å². The van der Waals surface area contributed by atoms with E-state index in [9.17, 15) is 9.90 Å². The molecule has 7 nitrogen and oxygen atoms in total. The largest absolute Gasteiger partial charge is 0.491 e. The molecule has 1 heterocycles. The van der Waals surface area contributed by atoms with E-state index in [0.717, 1.165) is 17.8 Å². The molecule has 0 aliphatic heterocycles. The van der Waals surface area contributed by atoms with Crippen LogP contribution in [0.25, 0.3) is 0 Å². The van der Waals surface area contributed by atoms with E-state index in [4.69, 9.17) is 4.74 Å². The number of aromatic nitrogens is 2. The molecule has 1 aromatic carbocycles. The smallest absolute Gasteiger partial charge is 0.321 e. The highest BCUT2D eigenvalue weighted by atomic mass is 32.1. The maximum atomic E-state index is 11.8. The number of amides is 2. The molecular weight excluding hydrogens is 316 g/mol. The van der Waals surface area contributed by atoms with Crippen LogP contribution in [0.15, 0.2) is 30.3 Å². The minimum absolute atomic E-state index is 0.0902. The van der Waals surface area contributed by atoms with Crippen molar-refractivity contribution in [3.05, 3.63) is 35.3 Å². The summed E-state index contributed by atoms with van der Waals surface area (Å²) in [5.41, 5.74) is 0. The van der Waals surface area contributed by atoms with Gasteiger partial charge in [0.15, 0.2) is 0 Å². The summed E-state index contributed by atoms with van der Waals surface area (Å²) in [5.74, 6) is 1.19. The van der Waals surface area contributed by atoms with Crippen molar-refractivity contribution in [3.8, 4) is 5.75 Å². The number of nitrogens with one attached hydrogen (secondary N) is 2. The summed E-state index contributed by atoms with van der Waals surface area (Å²) < 4.78 is 5.41. The Morgan fingerprint density at radius 3 is 2.87 bits per heavy atom. The highest BCUT2D eigenvalue weighted by Gasteiger charge is 2.27. The van der Waals surface area contributed by atoms with Crippen LogP contribution in [0.3, 0.4) is 0 Å². The summed E-state index contributed by atoms with van der Waals surface area (Å²) in [7, 11) is 0. The van der Waals surface area contributed by atoms with Crippen LogP contribution in [-0.4, -0.2) is 40.6 Å². The molecule has 0 bridgehead atoms. The van der Waals surface area contributed by atoms with Crippen LogP contribution in [0, 0.1) is 0 Å². The van der Waals surface area contributed by atoms with Crippen LogP contribution in [0.1, 0.15) is 23.8 Å². The molecule has 1 saturated carbocycles. The lowest BCUT2D eigenvalue weighted by Crippen LogP contribution is -2.37. The van der Waals surface area contributed by atoms with Gasteiger partial charge in [0, 0.05) is 12.5 Å². The average molecular weight is 334 g/mol. The Bertz CT molecular complexity index is 645. The van der Waals surface area contributed by atoms with E-state index in [1.807, 2.05) is 18.2 Å². The van der Waals surface area contributed by atoms with E-state index in [2.05, 4.69) is 20.8 Å². The van der Waals surface area contributed by atoms with Crippen molar-refractivity contribution in [1.29, 1.82) is 0 Å². The second-order valence-electron chi connectivity index (χ2n) is 5.33. The zero-order valence-electron chi connectivity index (χ0n) is 12.4. The van der Waals surface area contributed by atoms with E-state index in [1.165, 1.54) is 11.3 Å². The van der Waals surface area contributed by atoms with E-state index in [-0.39, 0.29) is 13.2 Å². The Balaban J connectivity index is 1.36. The summed E-state index contributed by atoms with van der Waals surface area (Å²) in [4.78, 5) is 11.8. The first kappa shape index (κ1) is 15.7. The number of aliphatic hydroxyl groups is 1. The molecule has 0 unspecified atom stereocenters. The Labute approximate surface area is 137 Å². The van der Waals surface area contributed by atoms with Gasteiger partial charge in [-0.1, -0.05) is 29.5 Å². The van der Waals surface area contributed by atoms with Crippen LogP contribution in [0.5, 0.6) is 5.75 Å². The maximum Gasteiger partial charge on any atom is 0.321 e. The number of aliphatic hydroxyl groups excluding tert-OH is 1. The molecule has 2 amide bonds. The summed E-state index contributed by atoms with van der Waals surface area (Å²) in [6.07, 6.45) is 1.50. The molecule has 3 N–H and O–H groups in total. The van der Waals surface area contributed by atoms with Crippen LogP contribution >= 0.6 is 11.3 Å². The van der Waals surface area contributed by atoms with Crippen LogP contribution in [0.2, 0.25) is 0 Å². The van der Waals surface area contributed by atoms with Gasteiger partial charge in [-0.3, -0.25) is 5.32 Å². The molecule has 2 aromatic rings. The number of para-hydroxylation sites is 1. The summed E-state index contributed by atoms with van der Waals surface area (Å²) >= 11 is 1.39. The molecule has 1 atom stereocenters. The third-order valence-electron chi connectivity index (χ3n) is 3.27. The van der Waals surface area contributed by atoms with Crippen LogP contribution in [-0.2, 0) is 0 Å². The lowest BCUT2D eigenvalue weighted by atomic mass is 10.3. The molecule has 3 rings (SSSR count). The summed E-state index contributed by atoms with van der Waals surface area (Å²) in [6.45, 7) is 0.196. The third kappa shape index (κ3) is 4.90. The topological polar surface area (TPSA) is 96.4 Å². The monoisotopic (exact) mass is 334 g/mol. The minimum atomic E-state index is -0.794. The second kappa shape index (κ2) is 7.38. The number of hydrogen-bond acceptors (Lipinski definition) is 6. The van der Waals surface area contributed by atoms with E-state index in [0.29, 0.717) is 16.8 Å². The van der Waals surface area contributed by atoms with Gasteiger partial charge in [0.25, 0.3) is 0 Å². The average Bonchev–Trinajstić information content (AvgIpc) is 3.32. The zero-order chi connectivity index (χ0) is 16.1. The van der Waals surface area contributed by atoms with Gasteiger partial charge in [-0.25, -0.2) is 4.79 Å². The number of rotatable bonds is 7. The fourth-order valence-corrected chi connectivity index (χ4v) is 2.81. The minimum Gasteiger partial charge on any atom is -0.491 e. The molecule has 0 spiro atoms. The quantitative estimate of drug-likeness (QED) is 0.719. The van der Waals surface area contributed by atoms with E-state index < -0.39 is 12.1 Å². The van der Waals surface area contributed by atoms with Gasteiger partial charge in [-0.05, 0) is 25.0 Å². The van der Waals surface area contributed by atoms with Crippen molar-refractivity contribution >= 4 is 22.5 Å². The van der Waals surface area contributed by atoms with Gasteiger partial charge in [0.1, 0.15) is 23.5 Å². The normalized spacial score (nSPS) is 15.0. The van der Waals surface area contributed by atoms with Crippen molar-refractivity contribution in [3.63, 3.8) is 0 Å². The number of nitrogens with zero attached hydrogens (tertiary/aromatic N) is 2. The Kier molecular flexibility index (Phi) is 5.04. The Morgan fingerprint density at radius 2 is 2.13 bits per heavy atom. The van der Waals surface area contributed by atoms with Crippen molar-refractivity contribution in [2.45, 2.75) is 24.9 Å². The van der Waals surface area contributed by atoms with Gasteiger partial charge in [0.2, 0.25) is 5.13 Å². The predicted octanol–water partition coefficient (Wildman–Crippen LogP) is 1.98. The Hall–Kier alpha value is -2.19. The first-order chi connectivity index (χ1) is 11.2. The standard InChI is InChI=1S/C15H18N4O3S/c20-11(9-22-12-4-2-1-3-5-12)8-16-14(21)17-15-19-18-13(23-15)10-6-7-10/h1-5,10-11,20H,6-9H2,(H2,16,17,19,21)/t11-/m1/s1. The molecule has 122 valence electrons. The highest BCUT2D eigenvalue weighted by molar-refractivity contribution is 7.15.